The number of carbonyl (C=O) groups is 2. The molecule has 6 nitrogen and oxygen atoms in total. The molecule has 0 saturated heterocycles. The Balaban J connectivity index is 0.00000243. The largest absolute Gasteiger partial charge is 0.349 e. The second kappa shape index (κ2) is 8.73. The van der Waals surface area contributed by atoms with Gasteiger partial charge < -0.3 is 21.3 Å². The van der Waals surface area contributed by atoms with E-state index >= 15 is 0 Å². The van der Waals surface area contributed by atoms with Crippen LogP contribution in [0.25, 0.3) is 0 Å². The van der Waals surface area contributed by atoms with Crippen LogP contribution in [0.5, 0.6) is 0 Å². The molecule has 1 aromatic rings. The Morgan fingerprint density at radius 2 is 1.81 bits per heavy atom. The number of anilines is 1. The fraction of sp³-hybridized carbons (Fsp3) is 0.579. The van der Waals surface area contributed by atoms with Crippen molar-refractivity contribution in [3.05, 3.63) is 29.8 Å². The van der Waals surface area contributed by atoms with Crippen molar-refractivity contribution in [3.8, 4) is 0 Å². The van der Waals surface area contributed by atoms with Gasteiger partial charge in [-0.1, -0.05) is 12.5 Å². The lowest BCUT2D eigenvalue weighted by molar-refractivity contribution is 0.0756. The highest BCUT2D eigenvalue weighted by atomic mass is 35.5. The Morgan fingerprint density at radius 1 is 1.15 bits per heavy atom. The molecule has 1 aromatic carbocycles. The third-order valence-corrected chi connectivity index (χ3v) is 5.46. The predicted molar refractivity (Wildman–Crippen MR) is 106 cm³/mol. The Bertz CT molecular complexity index is 638. The smallest absolute Gasteiger partial charge is 0.321 e. The lowest BCUT2D eigenvalue weighted by Crippen LogP contribution is -2.53. The van der Waals surface area contributed by atoms with E-state index in [2.05, 4.69) is 10.6 Å². The summed E-state index contributed by atoms with van der Waals surface area (Å²) in [4.78, 5) is 26.0. The summed E-state index contributed by atoms with van der Waals surface area (Å²) in [5, 5.41) is 6.02. The molecule has 2 fully saturated rings. The lowest BCUT2D eigenvalue weighted by atomic mass is 9.67. The zero-order valence-corrected chi connectivity index (χ0v) is 16.2. The molecule has 144 valence electrons. The normalized spacial score (nSPS) is 27.0. The first-order valence-electron chi connectivity index (χ1n) is 9.09. The number of urea groups is 1. The van der Waals surface area contributed by atoms with Crippen LogP contribution in [0, 0.1) is 11.8 Å². The maximum Gasteiger partial charge on any atom is 0.321 e. The third-order valence-electron chi connectivity index (χ3n) is 5.46. The SMILES string of the molecule is CN(C)C(=O)Nc1cccc(C(=O)NC2C3CCCC2CC(N)C3)c1.Cl. The van der Waals surface area contributed by atoms with E-state index in [9.17, 15) is 9.59 Å². The molecule has 2 bridgehead atoms. The molecule has 3 amide bonds. The van der Waals surface area contributed by atoms with Crippen molar-refractivity contribution in [3.63, 3.8) is 0 Å². The zero-order chi connectivity index (χ0) is 18.0. The fourth-order valence-corrected chi connectivity index (χ4v) is 4.23. The molecule has 26 heavy (non-hydrogen) atoms. The summed E-state index contributed by atoms with van der Waals surface area (Å²) in [5.74, 6) is 0.907. The number of fused-ring (bicyclic) bond motifs is 2. The van der Waals surface area contributed by atoms with E-state index < -0.39 is 0 Å². The molecule has 2 unspecified atom stereocenters. The lowest BCUT2D eigenvalue weighted by Gasteiger charge is -2.45. The van der Waals surface area contributed by atoms with Crippen molar-refractivity contribution in [2.24, 2.45) is 17.6 Å². The van der Waals surface area contributed by atoms with Gasteiger partial charge in [-0.05, 0) is 55.7 Å². The maximum atomic E-state index is 12.7. The Hall–Kier alpha value is -1.79. The van der Waals surface area contributed by atoms with Gasteiger partial charge in [0.25, 0.3) is 5.91 Å². The van der Waals surface area contributed by atoms with Crippen molar-refractivity contribution < 1.29 is 9.59 Å². The van der Waals surface area contributed by atoms with Crippen LogP contribution in [0.4, 0.5) is 10.5 Å². The van der Waals surface area contributed by atoms with Crippen molar-refractivity contribution >= 4 is 30.0 Å². The van der Waals surface area contributed by atoms with E-state index in [1.54, 1.807) is 38.4 Å². The molecule has 7 heteroatoms. The number of nitrogens with zero attached hydrogens (tertiary/aromatic N) is 1. The molecular formula is C19H29ClN4O2. The van der Waals surface area contributed by atoms with Gasteiger partial charge in [-0.15, -0.1) is 12.4 Å². The first-order chi connectivity index (χ1) is 11.9. The van der Waals surface area contributed by atoms with Crippen LogP contribution < -0.4 is 16.4 Å². The van der Waals surface area contributed by atoms with E-state index in [-0.39, 0.29) is 36.4 Å². The standard InChI is InChI=1S/C19H28N4O2.ClH/c1-23(2)19(25)21-16-8-4-7-14(11-16)18(24)22-17-12-5-3-6-13(17)10-15(20)9-12;/h4,7-8,11-13,15,17H,3,5-6,9-10,20H2,1-2H3,(H,21,25)(H,22,24);1H. The summed E-state index contributed by atoms with van der Waals surface area (Å²) in [6.45, 7) is 0. The summed E-state index contributed by atoms with van der Waals surface area (Å²) < 4.78 is 0. The minimum absolute atomic E-state index is 0. The quantitative estimate of drug-likeness (QED) is 0.753. The minimum atomic E-state index is -0.214. The number of benzene rings is 1. The number of hydrogen-bond acceptors (Lipinski definition) is 3. The van der Waals surface area contributed by atoms with Crippen LogP contribution in [0.3, 0.4) is 0 Å². The molecule has 0 spiro atoms. The molecule has 0 aliphatic heterocycles. The average molecular weight is 381 g/mol. The van der Waals surface area contributed by atoms with Crippen molar-refractivity contribution in [2.45, 2.75) is 44.2 Å². The summed E-state index contributed by atoms with van der Waals surface area (Å²) in [6, 6.07) is 7.36. The van der Waals surface area contributed by atoms with Gasteiger partial charge in [-0.2, -0.15) is 0 Å². The molecule has 2 atom stereocenters. The molecule has 3 rings (SSSR count). The third kappa shape index (κ3) is 4.68. The van der Waals surface area contributed by atoms with Crippen LogP contribution >= 0.6 is 12.4 Å². The predicted octanol–water partition coefficient (Wildman–Crippen LogP) is 2.84. The second-order valence-electron chi connectivity index (χ2n) is 7.59. The van der Waals surface area contributed by atoms with E-state index in [0.717, 1.165) is 25.7 Å². The van der Waals surface area contributed by atoms with Crippen LogP contribution in [-0.4, -0.2) is 43.0 Å². The Kier molecular flexibility index (Phi) is 6.89. The Morgan fingerprint density at radius 3 is 2.42 bits per heavy atom. The van der Waals surface area contributed by atoms with Gasteiger partial charge in [0, 0.05) is 37.4 Å². The van der Waals surface area contributed by atoms with Crippen LogP contribution in [0.15, 0.2) is 24.3 Å². The molecule has 2 aliphatic carbocycles. The molecule has 2 saturated carbocycles. The molecule has 4 N–H and O–H groups in total. The summed E-state index contributed by atoms with van der Waals surface area (Å²) in [5.41, 5.74) is 7.36. The fourth-order valence-electron chi connectivity index (χ4n) is 4.23. The highest BCUT2D eigenvalue weighted by molar-refractivity contribution is 5.97. The van der Waals surface area contributed by atoms with E-state index in [4.69, 9.17) is 5.73 Å². The molecule has 0 aromatic heterocycles. The first kappa shape index (κ1) is 20.5. The van der Waals surface area contributed by atoms with Crippen molar-refractivity contribution in [1.82, 2.24) is 10.2 Å². The summed E-state index contributed by atoms with van der Waals surface area (Å²) in [7, 11) is 3.36. The van der Waals surface area contributed by atoms with Gasteiger partial charge in [0.15, 0.2) is 0 Å². The molecular weight excluding hydrogens is 352 g/mol. The van der Waals surface area contributed by atoms with E-state index in [1.807, 2.05) is 0 Å². The van der Waals surface area contributed by atoms with Gasteiger partial charge in [-0.25, -0.2) is 4.79 Å². The molecule has 2 aliphatic rings. The minimum Gasteiger partial charge on any atom is -0.349 e. The highest BCUT2D eigenvalue weighted by Gasteiger charge is 2.39. The first-order valence-corrected chi connectivity index (χ1v) is 9.09. The Labute approximate surface area is 161 Å². The van der Waals surface area contributed by atoms with Crippen LogP contribution in [-0.2, 0) is 0 Å². The van der Waals surface area contributed by atoms with Gasteiger partial charge in [0.1, 0.15) is 0 Å². The van der Waals surface area contributed by atoms with Gasteiger partial charge in [0.2, 0.25) is 0 Å². The molecule has 0 heterocycles. The number of nitrogens with one attached hydrogen (secondary N) is 2. The van der Waals surface area contributed by atoms with E-state index in [1.165, 1.54) is 11.3 Å². The topological polar surface area (TPSA) is 87.5 Å². The van der Waals surface area contributed by atoms with Gasteiger partial charge >= 0.3 is 6.03 Å². The monoisotopic (exact) mass is 380 g/mol. The van der Waals surface area contributed by atoms with Crippen molar-refractivity contribution in [2.75, 3.05) is 19.4 Å². The van der Waals surface area contributed by atoms with Crippen LogP contribution in [0.1, 0.15) is 42.5 Å². The van der Waals surface area contributed by atoms with Crippen LogP contribution in [0.2, 0.25) is 0 Å². The van der Waals surface area contributed by atoms with E-state index in [0.29, 0.717) is 23.1 Å². The maximum absolute atomic E-state index is 12.7. The number of carbonyl (C=O) groups excluding carboxylic acids is 2. The summed E-state index contributed by atoms with van der Waals surface area (Å²) in [6.07, 6.45) is 5.53. The number of nitrogens with two attached hydrogens (primary N) is 1. The van der Waals surface area contributed by atoms with Gasteiger partial charge in [-0.3, -0.25) is 4.79 Å². The number of amides is 3. The average Bonchev–Trinajstić information content (AvgIpc) is 2.55. The number of halogens is 1. The molecule has 0 radical (unpaired) electrons. The van der Waals surface area contributed by atoms with Gasteiger partial charge in [0.05, 0.1) is 0 Å². The number of hydrogen-bond donors (Lipinski definition) is 3. The number of rotatable bonds is 3. The summed E-state index contributed by atoms with van der Waals surface area (Å²) >= 11 is 0. The highest BCUT2D eigenvalue weighted by Crippen LogP contribution is 2.39. The van der Waals surface area contributed by atoms with Crippen molar-refractivity contribution in [1.29, 1.82) is 0 Å². The second-order valence-corrected chi connectivity index (χ2v) is 7.59. The zero-order valence-electron chi connectivity index (χ0n) is 15.4.